The lowest BCUT2D eigenvalue weighted by Gasteiger charge is -2.11. The highest BCUT2D eigenvalue weighted by atomic mass is 19.1. The molecule has 2 atom stereocenters. The molecule has 6 heteroatoms. The van der Waals surface area contributed by atoms with Crippen LogP contribution in [0.15, 0.2) is 23.8 Å². The summed E-state index contributed by atoms with van der Waals surface area (Å²) >= 11 is 0. The Morgan fingerprint density at radius 2 is 1.58 bits per heavy atom. The van der Waals surface area contributed by atoms with Gasteiger partial charge in [-0.25, -0.2) is 8.78 Å². The fraction of sp³-hybridized carbons (Fsp3) is 0.444. The van der Waals surface area contributed by atoms with Crippen molar-refractivity contribution in [1.82, 2.24) is 0 Å². The number of halogens is 2. The van der Waals surface area contributed by atoms with E-state index in [1.165, 1.54) is 6.92 Å². The van der Waals surface area contributed by atoms with Crippen LogP contribution >= 0.6 is 0 Å². The van der Waals surface area contributed by atoms with Gasteiger partial charge in [-0.3, -0.25) is 9.59 Å². The summed E-state index contributed by atoms with van der Waals surface area (Å²) in [7, 11) is 0. The topological polar surface area (TPSA) is 58.2 Å². The van der Waals surface area contributed by atoms with Gasteiger partial charge in [0.05, 0.1) is 17.3 Å². The third-order valence-corrected chi connectivity index (χ3v) is 4.33. The Morgan fingerprint density at radius 1 is 1.04 bits per heavy atom. The number of carbonyl (C=O) groups is 2. The van der Waals surface area contributed by atoms with Crippen LogP contribution in [0.25, 0.3) is 0 Å². The third-order valence-electron chi connectivity index (χ3n) is 4.33. The molecule has 0 radical (unpaired) electrons. The third kappa shape index (κ3) is 3.63. The molecule has 130 valence electrons. The van der Waals surface area contributed by atoms with Crippen molar-refractivity contribution >= 4 is 23.2 Å². The number of nitrogens with one attached hydrogen (secondary N) is 2. The first-order chi connectivity index (χ1) is 11.0. The molecule has 1 saturated carbocycles. The van der Waals surface area contributed by atoms with Gasteiger partial charge in [0.1, 0.15) is 11.6 Å². The van der Waals surface area contributed by atoms with Gasteiger partial charge in [-0.05, 0) is 31.2 Å². The molecule has 1 aromatic rings. The molecule has 0 aliphatic heterocycles. The molecule has 1 aliphatic carbocycles. The second kappa shape index (κ2) is 6.34. The number of rotatable bonds is 4. The fourth-order valence-electron chi connectivity index (χ4n) is 2.99. The van der Waals surface area contributed by atoms with Crippen molar-refractivity contribution in [2.24, 2.45) is 17.3 Å². The summed E-state index contributed by atoms with van der Waals surface area (Å²) in [6.07, 6.45) is 2.04. The first-order valence-electron chi connectivity index (χ1n) is 7.76. The molecule has 0 saturated heterocycles. The lowest BCUT2D eigenvalue weighted by molar-refractivity contribution is -0.118. The van der Waals surface area contributed by atoms with Gasteiger partial charge >= 0.3 is 0 Å². The molecule has 1 aromatic carbocycles. The van der Waals surface area contributed by atoms with E-state index in [0.717, 1.165) is 11.6 Å². The normalized spacial score (nSPS) is 21.0. The highest BCUT2D eigenvalue weighted by Gasteiger charge is 2.60. The monoisotopic (exact) mass is 336 g/mol. The van der Waals surface area contributed by atoms with E-state index in [0.29, 0.717) is 6.07 Å². The van der Waals surface area contributed by atoms with Crippen LogP contribution in [-0.2, 0) is 9.59 Å². The Kier molecular flexibility index (Phi) is 4.78. The minimum absolute atomic E-state index is 0.0841. The molecule has 1 aliphatic rings. The van der Waals surface area contributed by atoms with Crippen LogP contribution in [0, 0.1) is 28.9 Å². The van der Waals surface area contributed by atoms with Crippen LogP contribution in [0.2, 0.25) is 0 Å². The summed E-state index contributed by atoms with van der Waals surface area (Å²) in [5, 5.41) is 4.78. The number of hydrogen-bond acceptors (Lipinski definition) is 2. The second-order valence-corrected chi connectivity index (χ2v) is 7.05. The first-order valence-corrected chi connectivity index (χ1v) is 7.76. The number of benzene rings is 1. The highest BCUT2D eigenvalue weighted by molar-refractivity contribution is 5.97. The Hall–Kier alpha value is -2.24. The fourth-order valence-corrected chi connectivity index (χ4v) is 2.99. The number of anilines is 2. The maximum Gasteiger partial charge on any atom is 0.228 e. The molecule has 0 heterocycles. The summed E-state index contributed by atoms with van der Waals surface area (Å²) in [5.74, 6) is -2.77. The van der Waals surface area contributed by atoms with Gasteiger partial charge in [0.2, 0.25) is 11.8 Å². The maximum absolute atomic E-state index is 13.9. The van der Waals surface area contributed by atoms with Gasteiger partial charge in [0, 0.05) is 13.0 Å². The molecular weight excluding hydrogens is 314 g/mol. The zero-order valence-electron chi connectivity index (χ0n) is 14.5. The Labute approximate surface area is 140 Å². The van der Waals surface area contributed by atoms with Gasteiger partial charge in [-0.15, -0.1) is 0 Å². The van der Waals surface area contributed by atoms with Crippen molar-refractivity contribution in [2.75, 3.05) is 10.6 Å². The minimum atomic E-state index is -0.894. The predicted molar refractivity (Wildman–Crippen MR) is 89.5 cm³/mol. The smallest absolute Gasteiger partial charge is 0.228 e. The van der Waals surface area contributed by atoms with Crippen molar-refractivity contribution in [2.45, 2.75) is 34.6 Å². The summed E-state index contributed by atoms with van der Waals surface area (Å²) in [6.45, 7) is 9.10. The van der Waals surface area contributed by atoms with Crippen molar-refractivity contribution < 1.29 is 18.4 Å². The number of amides is 2. The summed E-state index contributed by atoms with van der Waals surface area (Å²) in [5.41, 5.74) is 0.585. The molecule has 1 fully saturated rings. The number of carbonyl (C=O) groups excluding carboxylic acids is 2. The van der Waals surface area contributed by atoms with Gasteiger partial charge in [-0.1, -0.05) is 25.5 Å². The minimum Gasteiger partial charge on any atom is -0.324 e. The van der Waals surface area contributed by atoms with Crippen LogP contribution in [-0.4, -0.2) is 11.8 Å². The van der Waals surface area contributed by atoms with E-state index in [4.69, 9.17) is 0 Å². The van der Waals surface area contributed by atoms with Crippen LogP contribution in [0.1, 0.15) is 34.6 Å². The molecule has 4 nitrogen and oxygen atoms in total. The molecule has 0 unspecified atom stereocenters. The van der Waals surface area contributed by atoms with Crippen LogP contribution in [0.4, 0.5) is 20.2 Å². The molecular formula is C18H22F2N2O2. The van der Waals surface area contributed by atoms with E-state index < -0.39 is 17.5 Å². The van der Waals surface area contributed by atoms with E-state index in [-0.39, 0.29) is 34.5 Å². The summed E-state index contributed by atoms with van der Waals surface area (Å²) in [4.78, 5) is 23.5. The predicted octanol–water partition coefficient (Wildman–Crippen LogP) is 4.10. The van der Waals surface area contributed by atoms with Crippen LogP contribution in [0.3, 0.4) is 0 Å². The molecule has 0 bridgehead atoms. The second-order valence-electron chi connectivity index (χ2n) is 7.05. The lowest BCUT2D eigenvalue weighted by atomic mass is 10.1. The molecule has 2 amide bonds. The van der Waals surface area contributed by atoms with E-state index in [1.807, 2.05) is 33.8 Å². The highest BCUT2D eigenvalue weighted by Crippen LogP contribution is 2.59. The standard InChI is InChI=1S/C18H22F2N2O2/c1-9(2)6-11-16(18(11,4)5)17(24)22-15-8-14(21-10(3)23)12(19)7-13(15)20/h6-8,11,16H,1-5H3,(H,21,23)(H,22,24)/t11-,16+/m0/s1. The summed E-state index contributed by atoms with van der Waals surface area (Å²) in [6, 6.07) is 1.74. The van der Waals surface area contributed by atoms with Gasteiger partial charge < -0.3 is 10.6 Å². The maximum atomic E-state index is 13.9. The van der Waals surface area contributed by atoms with Crippen molar-refractivity contribution in [3.05, 3.63) is 35.4 Å². The number of hydrogen-bond donors (Lipinski definition) is 2. The Balaban J connectivity index is 2.21. The van der Waals surface area contributed by atoms with Gasteiger partial charge in [-0.2, -0.15) is 0 Å². The molecule has 2 rings (SSSR count). The van der Waals surface area contributed by atoms with Crippen molar-refractivity contribution in [3.8, 4) is 0 Å². The van der Waals surface area contributed by atoms with E-state index in [9.17, 15) is 18.4 Å². The van der Waals surface area contributed by atoms with Crippen molar-refractivity contribution in [1.29, 1.82) is 0 Å². The van der Waals surface area contributed by atoms with Crippen LogP contribution in [0.5, 0.6) is 0 Å². The average Bonchev–Trinajstić information content (AvgIpc) is 2.95. The molecule has 0 aromatic heterocycles. The zero-order valence-corrected chi connectivity index (χ0v) is 14.5. The Bertz CT molecular complexity index is 722. The molecule has 2 N–H and O–H groups in total. The quantitative estimate of drug-likeness (QED) is 0.813. The SMILES string of the molecule is CC(=O)Nc1cc(NC(=O)[C@H]2[C@H](C=C(C)C)C2(C)C)c(F)cc1F. The van der Waals surface area contributed by atoms with E-state index in [1.54, 1.807) is 0 Å². The number of allylic oxidation sites excluding steroid dienone is 2. The summed E-state index contributed by atoms with van der Waals surface area (Å²) < 4.78 is 27.6. The van der Waals surface area contributed by atoms with E-state index in [2.05, 4.69) is 10.6 Å². The van der Waals surface area contributed by atoms with Crippen LogP contribution < -0.4 is 10.6 Å². The largest absolute Gasteiger partial charge is 0.324 e. The van der Waals surface area contributed by atoms with Crippen molar-refractivity contribution in [3.63, 3.8) is 0 Å². The molecule has 24 heavy (non-hydrogen) atoms. The van der Waals surface area contributed by atoms with E-state index >= 15 is 0 Å². The molecule has 0 spiro atoms. The Morgan fingerprint density at radius 3 is 2.08 bits per heavy atom. The lowest BCUT2D eigenvalue weighted by Crippen LogP contribution is -2.18. The average molecular weight is 336 g/mol. The van der Waals surface area contributed by atoms with Gasteiger partial charge in [0.25, 0.3) is 0 Å². The first kappa shape index (κ1) is 18.1. The van der Waals surface area contributed by atoms with Gasteiger partial charge in [0.15, 0.2) is 0 Å². The zero-order chi connectivity index (χ0) is 18.2.